The largest absolute Gasteiger partial charge is 0.417 e. The lowest BCUT2D eigenvalue weighted by atomic mass is 10.1. The fourth-order valence-corrected chi connectivity index (χ4v) is 2.15. The van der Waals surface area contributed by atoms with Crippen LogP contribution >= 0.6 is 0 Å². The summed E-state index contributed by atoms with van der Waals surface area (Å²) in [5.41, 5.74) is -0.435. The highest BCUT2D eigenvalue weighted by Crippen LogP contribution is 2.33. The minimum Gasteiger partial charge on any atom is -0.352 e. The Bertz CT molecular complexity index is 723. The molecule has 0 saturated carbocycles. The van der Waals surface area contributed by atoms with E-state index in [2.05, 4.69) is 5.32 Å². The Morgan fingerprint density at radius 1 is 1.04 bits per heavy atom. The van der Waals surface area contributed by atoms with Gasteiger partial charge >= 0.3 is 6.18 Å². The molecule has 0 aliphatic rings. The van der Waals surface area contributed by atoms with Gasteiger partial charge < -0.3 is 5.32 Å². The maximum atomic E-state index is 13.1. The summed E-state index contributed by atoms with van der Waals surface area (Å²) < 4.78 is 52.3. The van der Waals surface area contributed by atoms with Crippen molar-refractivity contribution in [1.82, 2.24) is 5.32 Å². The van der Waals surface area contributed by atoms with E-state index in [-0.39, 0.29) is 12.1 Å². The molecular weight excluding hydrogens is 322 g/mol. The van der Waals surface area contributed by atoms with E-state index < -0.39 is 23.5 Å². The highest BCUT2D eigenvalue weighted by atomic mass is 19.4. The Balaban J connectivity index is 2.03. The number of hydrogen-bond acceptors (Lipinski definition) is 1. The molecule has 2 aromatic carbocycles. The lowest BCUT2D eigenvalue weighted by Gasteiger charge is -2.12. The predicted molar refractivity (Wildman–Crippen MR) is 83.6 cm³/mol. The van der Waals surface area contributed by atoms with Crippen molar-refractivity contribution in [3.8, 4) is 0 Å². The molecule has 0 fully saturated rings. The van der Waals surface area contributed by atoms with Gasteiger partial charge in [0.2, 0.25) is 5.91 Å². The first-order chi connectivity index (χ1) is 11.4. The van der Waals surface area contributed by atoms with Gasteiger partial charge in [-0.15, -0.1) is 0 Å². The van der Waals surface area contributed by atoms with Crippen LogP contribution in [-0.4, -0.2) is 18.6 Å². The molecule has 0 radical (unpaired) electrons. The van der Waals surface area contributed by atoms with Crippen LogP contribution < -0.4 is 5.32 Å². The standard InChI is InChI=1S/C18H15F4NO/c19-15-8-4-5-13(11-15)9-10-23-17(24)12-16(18(20,21)22)14-6-2-1-3-7-14/h1-8,11-12H,9-10H2,(H,23,24)/b16-12-. The van der Waals surface area contributed by atoms with Crippen molar-refractivity contribution in [2.45, 2.75) is 12.6 Å². The molecule has 24 heavy (non-hydrogen) atoms. The number of allylic oxidation sites excluding steroid dienone is 1. The van der Waals surface area contributed by atoms with E-state index in [4.69, 9.17) is 0 Å². The van der Waals surface area contributed by atoms with E-state index in [0.29, 0.717) is 18.1 Å². The summed E-state index contributed by atoms with van der Waals surface area (Å²) in [6, 6.07) is 12.9. The minimum absolute atomic E-state index is 0.0784. The van der Waals surface area contributed by atoms with E-state index in [1.54, 1.807) is 12.1 Å². The number of rotatable bonds is 5. The highest BCUT2D eigenvalue weighted by molar-refractivity contribution is 5.96. The maximum Gasteiger partial charge on any atom is 0.417 e. The zero-order valence-electron chi connectivity index (χ0n) is 12.6. The second-order valence-electron chi connectivity index (χ2n) is 5.09. The summed E-state index contributed by atoms with van der Waals surface area (Å²) in [6.45, 7) is 0.110. The molecule has 1 amide bonds. The first-order valence-corrected chi connectivity index (χ1v) is 7.23. The van der Waals surface area contributed by atoms with Gasteiger partial charge in [0, 0.05) is 12.6 Å². The molecule has 0 aliphatic heterocycles. The van der Waals surface area contributed by atoms with Gasteiger partial charge in [-0.1, -0.05) is 42.5 Å². The van der Waals surface area contributed by atoms with Crippen molar-refractivity contribution in [1.29, 1.82) is 0 Å². The predicted octanol–water partition coefficient (Wildman–Crippen LogP) is 4.13. The number of nitrogens with one attached hydrogen (secondary N) is 1. The topological polar surface area (TPSA) is 29.1 Å². The fraction of sp³-hybridized carbons (Fsp3) is 0.167. The first-order valence-electron chi connectivity index (χ1n) is 7.23. The van der Waals surface area contributed by atoms with Crippen LogP contribution in [0.3, 0.4) is 0 Å². The molecule has 0 aromatic heterocycles. The highest BCUT2D eigenvalue weighted by Gasteiger charge is 2.35. The quantitative estimate of drug-likeness (QED) is 0.645. The third kappa shape index (κ3) is 5.22. The van der Waals surface area contributed by atoms with Crippen molar-refractivity contribution in [3.63, 3.8) is 0 Å². The Morgan fingerprint density at radius 3 is 2.38 bits per heavy atom. The van der Waals surface area contributed by atoms with Crippen molar-refractivity contribution < 1.29 is 22.4 Å². The smallest absolute Gasteiger partial charge is 0.352 e. The fourth-order valence-electron chi connectivity index (χ4n) is 2.15. The Labute approximate surface area is 136 Å². The summed E-state index contributed by atoms with van der Waals surface area (Å²) >= 11 is 0. The van der Waals surface area contributed by atoms with Crippen LogP contribution in [0.25, 0.3) is 5.57 Å². The van der Waals surface area contributed by atoms with Crippen LogP contribution in [0.5, 0.6) is 0 Å². The molecule has 0 spiro atoms. The Hall–Kier alpha value is -2.63. The monoisotopic (exact) mass is 337 g/mol. The summed E-state index contributed by atoms with van der Waals surface area (Å²) in [6.07, 6.45) is -3.77. The molecule has 0 unspecified atom stereocenters. The molecule has 2 nitrogen and oxygen atoms in total. The number of hydrogen-bond donors (Lipinski definition) is 1. The van der Waals surface area contributed by atoms with Gasteiger partial charge in [-0.3, -0.25) is 4.79 Å². The van der Waals surface area contributed by atoms with Crippen LogP contribution in [0, 0.1) is 5.82 Å². The number of amides is 1. The van der Waals surface area contributed by atoms with E-state index in [1.165, 1.54) is 42.5 Å². The van der Waals surface area contributed by atoms with Gasteiger partial charge in [-0.25, -0.2) is 4.39 Å². The number of carbonyl (C=O) groups is 1. The zero-order valence-corrected chi connectivity index (χ0v) is 12.6. The summed E-state index contributed by atoms with van der Waals surface area (Å²) in [4.78, 5) is 11.8. The molecule has 0 bridgehead atoms. The van der Waals surface area contributed by atoms with Gasteiger partial charge in [-0.2, -0.15) is 13.2 Å². The molecule has 1 N–H and O–H groups in total. The summed E-state index contributed by atoms with van der Waals surface area (Å²) in [5.74, 6) is -1.25. The van der Waals surface area contributed by atoms with Crippen LogP contribution in [-0.2, 0) is 11.2 Å². The molecule has 6 heteroatoms. The zero-order chi connectivity index (χ0) is 17.6. The van der Waals surface area contributed by atoms with Crippen molar-refractivity contribution in [2.75, 3.05) is 6.54 Å². The third-order valence-electron chi connectivity index (χ3n) is 3.27. The van der Waals surface area contributed by atoms with Crippen LogP contribution in [0.4, 0.5) is 17.6 Å². The molecule has 126 valence electrons. The van der Waals surface area contributed by atoms with Crippen LogP contribution in [0.2, 0.25) is 0 Å². The van der Waals surface area contributed by atoms with E-state index in [9.17, 15) is 22.4 Å². The molecule has 0 heterocycles. The average molecular weight is 337 g/mol. The number of benzene rings is 2. The Morgan fingerprint density at radius 2 is 1.75 bits per heavy atom. The SMILES string of the molecule is O=C(/C=C(/c1ccccc1)C(F)(F)F)NCCc1cccc(F)c1. The summed E-state index contributed by atoms with van der Waals surface area (Å²) in [7, 11) is 0. The van der Waals surface area contributed by atoms with E-state index in [1.807, 2.05) is 0 Å². The average Bonchev–Trinajstić information content (AvgIpc) is 2.52. The molecule has 0 saturated heterocycles. The first kappa shape index (κ1) is 17.7. The van der Waals surface area contributed by atoms with Gasteiger partial charge in [0.05, 0.1) is 5.57 Å². The minimum atomic E-state index is -4.64. The molecule has 0 aliphatic carbocycles. The van der Waals surface area contributed by atoms with Gasteiger partial charge in [0.1, 0.15) is 5.82 Å². The Kier molecular flexibility index (Phi) is 5.73. The molecule has 0 atom stereocenters. The van der Waals surface area contributed by atoms with E-state index >= 15 is 0 Å². The lowest BCUT2D eigenvalue weighted by molar-refractivity contribution is -0.116. The van der Waals surface area contributed by atoms with Crippen molar-refractivity contribution >= 4 is 11.5 Å². The van der Waals surface area contributed by atoms with Crippen LogP contribution in [0.15, 0.2) is 60.7 Å². The molecule has 2 rings (SSSR count). The number of carbonyl (C=O) groups excluding carboxylic acids is 1. The maximum absolute atomic E-state index is 13.1. The third-order valence-corrected chi connectivity index (χ3v) is 3.27. The van der Waals surface area contributed by atoms with Gasteiger partial charge in [0.15, 0.2) is 0 Å². The number of halogens is 4. The van der Waals surface area contributed by atoms with E-state index in [0.717, 1.165) is 0 Å². The van der Waals surface area contributed by atoms with Gasteiger partial charge in [0.25, 0.3) is 0 Å². The normalized spacial score (nSPS) is 12.1. The number of alkyl halides is 3. The summed E-state index contributed by atoms with van der Waals surface area (Å²) in [5, 5.41) is 2.39. The van der Waals surface area contributed by atoms with Crippen LogP contribution in [0.1, 0.15) is 11.1 Å². The molecular formula is C18H15F4NO. The second kappa shape index (κ2) is 7.77. The molecule has 2 aromatic rings. The van der Waals surface area contributed by atoms with Crippen molar-refractivity contribution in [3.05, 3.63) is 77.6 Å². The second-order valence-corrected chi connectivity index (χ2v) is 5.09. The lowest BCUT2D eigenvalue weighted by Crippen LogP contribution is -2.25. The van der Waals surface area contributed by atoms with Crippen molar-refractivity contribution in [2.24, 2.45) is 0 Å². The van der Waals surface area contributed by atoms with Gasteiger partial charge in [-0.05, 0) is 29.7 Å².